The van der Waals surface area contributed by atoms with Crippen LogP contribution in [0.3, 0.4) is 0 Å². The summed E-state index contributed by atoms with van der Waals surface area (Å²) in [5, 5.41) is 3.02. The van der Waals surface area contributed by atoms with Gasteiger partial charge in [0.15, 0.2) is 0 Å². The van der Waals surface area contributed by atoms with Gasteiger partial charge in [-0.2, -0.15) is 0 Å². The number of carbonyl (C=O) groups is 2. The quantitative estimate of drug-likeness (QED) is 0.394. The van der Waals surface area contributed by atoms with Gasteiger partial charge in [0.05, 0.1) is 0 Å². The van der Waals surface area contributed by atoms with Gasteiger partial charge in [-0.05, 0) is 56.5 Å². The topological polar surface area (TPSA) is 58.6 Å². The Hall–Kier alpha value is -3.60. The van der Waals surface area contributed by atoms with Crippen molar-refractivity contribution in [1.29, 1.82) is 0 Å². The highest BCUT2D eigenvalue weighted by Crippen LogP contribution is 2.29. The highest BCUT2D eigenvalue weighted by molar-refractivity contribution is 5.92. The first-order valence-electron chi connectivity index (χ1n) is 12.1. The predicted octanol–water partition coefficient (Wildman–Crippen LogP) is 5.92. The van der Waals surface area contributed by atoms with E-state index in [-0.39, 0.29) is 11.8 Å². The number of nitrogens with zero attached hydrogens (tertiary/aromatic N) is 1. The smallest absolute Gasteiger partial charge is 0.329 e. The molecule has 0 aliphatic rings. The molecular formula is C30H36N2O3. The van der Waals surface area contributed by atoms with Crippen molar-refractivity contribution in [2.75, 3.05) is 4.90 Å². The molecule has 3 aromatic rings. The van der Waals surface area contributed by atoms with Gasteiger partial charge >= 0.3 is 5.97 Å². The van der Waals surface area contributed by atoms with Gasteiger partial charge in [0.1, 0.15) is 17.7 Å². The lowest BCUT2D eigenvalue weighted by Gasteiger charge is -2.35. The maximum absolute atomic E-state index is 14.0. The largest absolute Gasteiger partial charge is 0.458 e. The van der Waals surface area contributed by atoms with Gasteiger partial charge in [-0.3, -0.25) is 4.79 Å². The van der Waals surface area contributed by atoms with E-state index in [0.29, 0.717) is 6.42 Å². The summed E-state index contributed by atoms with van der Waals surface area (Å²) in [5.41, 5.74) is 2.18. The lowest BCUT2D eigenvalue weighted by Crippen LogP contribution is -2.54. The highest BCUT2D eigenvalue weighted by Gasteiger charge is 2.34. The second kappa shape index (κ2) is 11.7. The molecule has 0 aliphatic carbocycles. The number of anilines is 2. The fourth-order valence-corrected chi connectivity index (χ4v) is 3.94. The minimum absolute atomic E-state index is 0.131. The lowest BCUT2D eigenvalue weighted by atomic mass is 9.71. The van der Waals surface area contributed by atoms with Crippen LogP contribution in [0.2, 0.25) is 0 Å². The summed E-state index contributed by atoms with van der Waals surface area (Å²) >= 11 is 0. The minimum Gasteiger partial charge on any atom is -0.458 e. The molecule has 3 aromatic carbocycles. The number of benzene rings is 3. The summed E-state index contributed by atoms with van der Waals surface area (Å²) in [6.07, 6.45) is 0.468. The Bertz CT molecular complexity index is 1040. The van der Waals surface area contributed by atoms with Crippen LogP contribution in [0, 0.1) is 5.92 Å². The fraction of sp³-hybridized carbons (Fsp3) is 0.333. The predicted molar refractivity (Wildman–Crippen MR) is 142 cm³/mol. The standard InChI is InChI=1S/C30H36N2O3/c1-22(2)27(29(34)35-30(3,4)5)31-28(33)26(21-23-15-9-6-10-16-23)32(24-17-11-7-12-18-24)25-19-13-8-14-20-25/h6-20,22,26-27H,21H2,1-5H3,(H,31,33)/t26-,27-/m0/s1/i21-1. The Balaban J connectivity index is 2.02. The van der Waals surface area contributed by atoms with E-state index in [1.807, 2.05) is 131 Å². The first-order valence-corrected chi connectivity index (χ1v) is 12.1. The number of hydrogen-bond donors (Lipinski definition) is 1. The number of hydrogen-bond acceptors (Lipinski definition) is 4. The van der Waals surface area contributed by atoms with Crippen LogP contribution < -0.4 is 10.2 Å². The van der Waals surface area contributed by atoms with Crippen molar-refractivity contribution in [3.8, 4) is 0 Å². The van der Waals surface area contributed by atoms with Crippen molar-refractivity contribution in [3.05, 3.63) is 96.6 Å². The number of ether oxygens (including phenoxy) is 1. The van der Waals surface area contributed by atoms with Crippen molar-refractivity contribution in [1.82, 2.24) is 5.32 Å². The van der Waals surface area contributed by atoms with Crippen LogP contribution in [-0.2, 0) is 20.7 Å². The lowest BCUT2D eigenvalue weighted by molar-refractivity contribution is -0.160. The zero-order valence-electron chi connectivity index (χ0n) is 21.3. The maximum atomic E-state index is 14.0. The van der Waals surface area contributed by atoms with Crippen molar-refractivity contribution in [3.63, 3.8) is 0 Å². The van der Waals surface area contributed by atoms with E-state index in [0.717, 1.165) is 16.9 Å². The second-order valence-electron chi connectivity index (χ2n) is 10.0. The molecule has 0 saturated carbocycles. The summed E-state index contributed by atoms with van der Waals surface area (Å²) in [6.45, 7) is 9.30. The molecule has 0 saturated heterocycles. The third-order valence-electron chi connectivity index (χ3n) is 5.58. The van der Waals surface area contributed by atoms with Crippen LogP contribution in [0.25, 0.3) is 0 Å². The Morgan fingerprint density at radius 1 is 0.800 bits per heavy atom. The molecule has 184 valence electrons. The number of rotatable bonds is 9. The molecule has 35 heavy (non-hydrogen) atoms. The van der Waals surface area contributed by atoms with Crippen LogP contribution in [0.4, 0.5) is 11.4 Å². The first kappa shape index (κ1) is 26.0. The van der Waals surface area contributed by atoms with Crippen LogP contribution in [0.15, 0.2) is 91.0 Å². The van der Waals surface area contributed by atoms with Crippen LogP contribution in [0.5, 0.6) is 0 Å². The van der Waals surface area contributed by atoms with E-state index < -0.39 is 23.7 Å². The second-order valence-corrected chi connectivity index (χ2v) is 10.0. The molecule has 1 amide bonds. The molecule has 1 N–H and O–H groups in total. The average molecular weight is 472 g/mol. The molecule has 0 spiro atoms. The molecule has 0 bridgehead atoms. The van der Waals surface area contributed by atoms with E-state index in [1.165, 1.54) is 0 Å². The normalized spacial score (nSPS) is 13.1. The molecular weight excluding hydrogens is 435 g/mol. The monoisotopic (exact) mass is 471 g/mol. The zero-order valence-corrected chi connectivity index (χ0v) is 21.3. The molecule has 5 nitrogen and oxygen atoms in total. The summed E-state index contributed by atoms with van der Waals surface area (Å²) < 4.78 is 5.62. The maximum Gasteiger partial charge on any atom is 0.329 e. The Morgan fingerprint density at radius 2 is 1.26 bits per heavy atom. The van der Waals surface area contributed by atoms with Gasteiger partial charge in [0.2, 0.25) is 5.91 Å². The fourth-order valence-electron chi connectivity index (χ4n) is 3.94. The summed E-state index contributed by atoms with van der Waals surface area (Å²) in [7, 11) is 0. The first-order chi connectivity index (χ1) is 16.7. The van der Waals surface area contributed by atoms with Gasteiger partial charge < -0.3 is 15.0 Å². The third kappa shape index (κ3) is 7.44. The number of esters is 1. The zero-order chi connectivity index (χ0) is 25.4. The third-order valence-corrected chi connectivity index (χ3v) is 5.58. The van der Waals surface area contributed by atoms with Gasteiger partial charge in [0, 0.05) is 17.8 Å². The van der Waals surface area contributed by atoms with Gasteiger partial charge in [-0.25, -0.2) is 4.79 Å². The van der Waals surface area contributed by atoms with E-state index in [1.54, 1.807) is 0 Å². The number of para-hydroxylation sites is 2. The molecule has 0 aromatic heterocycles. The molecule has 3 rings (SSSR count). The Kier molecular flexibility index (Phi) is 8.69. The molecule has 0 unspecified atom stereocenters. The number of carbonyl (C=O) groups excluding carboxylic acids is 2. The van der Waals surface area contributed by atoms with Crippen molar-refractivity contribution in [2.45, 2.75) is 58.7 Å². The summed E-state index contributed by atoms with van der Waals surface area (Å²) in [4.78, 5) is 29.0. The van der Waals surface area contributed by atoms with Crippen molar-refractivity contribution < 1.29 is 14.3 Å². The van der Waals surface area contributed by atoms with Crippen molar-refractivity contribution in [2.24, 2.45) is 5.92 Å². The molecule has 5 heteroatoms. The van der Waals surface area contributed by atoms with E-state index in [4.69, 9.17) is 4.74 Å². The Morgan fingerprint density at radius 3 is 1.69 bits per heavy atom. The Labute approximate surface area is 209 Å². The minimum atomic E-state index is -0.756. The number of nitrogens with one attached hydrogen (secondary N) is 1. The van der Waals surface area contributed by atoms with Crippen LogP contribution >= 0.6 is 0 Å². The SMILES string of the molecule is CC(C)[C@H](NC(=O)[C@H]([11CH2]c1ccccc1)N(c1ccccc1)c1ccccc1)C(=O)OC(C)(C)C. The van der Waals surface area contributed by atoms with E-state index >= 15 is 0 Å². The van der Waals surface area contributed by atoms with Gasteiger partial charge in [0.25, 0.3) is 0 Å². The highest BCUT2D eigenvalue weighted by atomic mass is 16.6. The van der Waals surface area contributed by atoms with Gasteiger partial charge in [-0.1, -0.05) is 80.6 Å². The summed E-state index contributed by atoms with van der Waals surface area (Å²) in [6, 6.07) is 28.3. The van der Waals surface area contributed by atoms with E-state index in [9.17, 15) is 9.59 Å². The van der Waals surface area contributed by atoms with Gasteiger partial charge in [-0.15, -0.1) is 0 Å². The molecule has 0 aliphatic heterocycles. The van der Waals surface area contributed by atoms with E-state index in [2.05, 4.69) is 5.32 Å². The van der Waals surface area contributed by atoms with Crippen molar-refractivity contribution >= 4 is 23.3 Å². The molecule has 0 heterocycles. The van der Waals surface area contributed by atoms with Crippen LogP contribution in [-0.4, -0.2) is 29.6 Å². The average Bonchev–Trinajstić information content (AvgIpc) is 2.82. The molecule has 0 fully saturated rings. The molecule has 0 radical (unpaired) electrons. The molecule has 2 atom stereocenters. The van der Waals surface area contributed by atoms with Crippen LogP contribution in [0.1, 0.15) is 40.2 Å². The number of amides is 1. The summed E-state index contributed by atoms with van der Waals surface area (Å²) in [5.74, 6) is -0.788.